The van der Waals surface area contributed by atoms with Gasteiger partial charge in [0, 0.05) is 37.6 Å². The SMILES string of the molecule is CN1CCN(c2cccc(Nc3ncc(F)c(N)n3)c2)CC1. The van der Waals surface area contributed by atoms with Crippen molar-refractivity contribution in [3.05, 3.63) is 36.3 Å². The van der Waals surface area contributed by atoms with Crippen molar-refractivity contribution in [3.63, 3.8) is 0 Å². The highest BCUT2D eigenvalue weighted by Gasteiger charge is 2.14. The molecule has 1 aliphatic rings. The molecular formula is C15H19FN6. The molecule has 0 amide bonds. The largest absolute Gasteiger partial charge is 0.381 e. The molecule has 2 aromatic rings. The minimum atomic E-state index is -0.614. The Hall–Kier alpha value is -2.41. The number of nitrogens with zero attached hydrogens (tertiary/aromatic N) is 4. The van der Waals surface area contributed by atoms with Gasteiger partial charge in [-0.05, 0) is 25.2 Å². The van der Waals surface area contributed by atoms with Crippen LogP contribution in [0.4, 0.5) is 27.5 Å². The fraction of sp³-hybridized carbons (Fsp3) is 0.333. The van der Waals surface area contributed by atoms with Crippen LogP contribution in [0.3, 0.4) is 0 Å². The van der Waals surface area contributed by atoms with Crippen molar-refractivity contribution in [3.8, 4) is 0 Å². The molecule has 7 heteroatoms. The van der Waals surface area contributed by atoms with Crippen molar-refractivity contribution in [1.82, 2.24) is 14.9 Å². The van der Waals surface area contributed by atoms with Gasteiger partial charge >= 0.3 is 0 Å². The van der Waals surface area contributed by atoms with E-state index in [1.165, 1.54) is 0 Å². The number of anilines is 4. The summed E-state index contributed by atoms with van der Waals surface area (Å²) in [5, 5.41) is 3.05. The van der Waals surface area contributed by atoms with Crippen molar-refractivity contribution in [1.29, 1.82) is 0 Å². The standard InChI is InChI=1S/C15H19FN6/c1-21-5-7-22(8-6-21)12-4-2-3-11(9-12)19-15-18-10-13(16)14(17)20-15/h2-4,9-10H,5-8H2,1H3,(H3,17,18,19,20). The van der Waals surface area contributed by atoms with E-state index in [2.05, 4.69) is 38.2 Å². The van der Waals surface area contributed by atoms with Crippen LogP contribution >= 0.6 is 0 Å². The molecule has 1 saturated heterocycles. The van der Waals surface area contributed by atoms with Gasteiger partial charge in [-0.3, -0.25) is 0 Å². The molecule has 1 aromatic heterocycles. The van der Waals surface area contributed by atoms with Crippen LogP contribution in [-0.2, 0) is 0 Å². The fourth-order valence-corrected chi connectivity index (χ4v) is 2.41. The van der Waals surface area contributed by atoms with E-state index in [0.29, 0.717) is 0 Å². The van der Waals surface area contributed by atoms with E-state index in [9.17, 15) is 4.39 Å². The number of halogens is 1. The van der Waals surface area contributed by atoms with Gasteiger partial charge < -0.3 is 20.9 Å². The Labute approximate surface area is 128 Å². The second-order valence-electron chi connectivity index (χ2n) is 5.39. The first-order valence-electron chi connectivity index (χ1n) is 7.20. The summed E-state index contributed by atoms with van der Waals surface area (Å²) in [6.07, 6.45) is 1.06. The van der Waals surface area contributed by atoms with Crippen molar-refractivity contribution in [2.24, 2.45) is 0 Å². The van der Waals surface area contributed by atoms with Crippen LogP contribution in [0.15, 0.2) is 30.5 Å². The topological polar surface area (TPSA) is 70.3 Å². The van der Waals surface area contributed by atoms with Gasteiger partial charge in [0.05, 0.1) is 6.20 Å². The van der Waals surface area contributed by atoms with E-state index in [1.54, 1.807) is 0 Å². The predicted octanol–water partition coefficient (Wildman–Crippen LogP) is 1.69. The minimum absolute atomic E-state index is 0.160. The molecule has 2 heterocycles. The molecular weight excluding hydrogens is 283 g/mol. The molecule has 3 N–H and O–H groups in total. The summed E-state index contributed by atoms with van der Waals surface area (Å²) < 4.78 is 13.1. The number of rotatable bonds is 3. The first-order chi connectivity index (χ1) is 10.6. The molecule has 0 aliphatic carbocycles. The first kappa shape index (κ1) is 14.5. The van der Waals surface area contributed by atoms with Crippen molar-refractivity contribution in [2.75, 3.05) is 49.2 Å². The summed E-state index contributed by atoms with van der Waals surface area (Å²) in [6.45, 7) is 4.10. The maximum absolute atomic E-state index is 13.1. The van der Waals surface area contributed by atoms with E-state index in [0.717, 1.165) is 43.8 Å². The van der Waals surface area contributed by atoms with E-state index in [4.69, 9.17) is 5.73 Å². The lowest BCUT2D eigenvalue weighted by molar-refractivity contribution is 0.313. The molecule has 22 heavy (non-hydrogen) atoms. The maximum atomic E-state index is 13.1. The number of nitrogen functional groups attached to an aromatic ring is 1. The van der Waals surface area contributed by atoms with E-state index >= 15 is 0 Å². The zero-order valence-corrected chi connectivity index (χ0v) is 12.5. The Bertz CT molecular complexity index is 654. The minimum Gasteiger partial charge on any atom is -0.381 e. The highest BCUT2D eigenvalue weighted by Crippen LogP contribution is 2.22. The Morgan fingerprint density at radius 1 is 1.23 bits per heavy atom. The smallest absolute Gasteiger partial charge is 0.229 e. The first-order valence-corrected chi connectivity index (χ1v) is 7.20. The average Bonchev–Trinajstić information content (AvgIpc) is 2.52. The number of aromatic nitrogens is 2. The molecule has 1 aromatic carbocycles. The Morgan fingerprint density at radius 2 is 2.00 bits per heavy atom. The zero-order valence-electron chi connectivity index (χ0n) is 12.5. The van der Waals surface area contributed by atoms with Gasteiger partial charge in [0.15, 0.2) is 11.6 Å². The lowest BCUT2D eigenvalue weighted by Gasteiger charge is -2.34. The number of nitrogens with one attached hydrogen (secondary N) is 1. The fourth-order valence-electron chi connectivity index (χ4n) is 2.41. The highest BCUT2D eigenvalue weighted by molar-refractivity contribution is 5.62. The third-order valence-corrected chi connectivity index (χ3v) is 3.74. The molecule has 0 saturated carbocycles. The van der Waals surface area contributed by atoms with Gasteiger partial charge in [-0.25, -0.2) is 9.37 Å². The van der Waals surface area contributed by atoms with Crippen molar-refractivity contribution >= 4 is 23.1 Å². The summed E-state index contributed by atoms with van der Waals surface area (Å²) in [7, 11) is 2.13. The molecule has 1 fully saturated rings. The van der Waals surface area contributed by atoms with Crippen molar-refractivity contribution in [2.45, 2.75) is 0 Å². The predicted molar refractivity (Wildman–Crippen MR) is 85.8 cm³/mol. The van der Waals surface area contributed by atoms with Crippen LogP contribution in [0.25, 0.3) is 0 Å². The molecule has 6 nitrogen and oxygen atoms in total. The molecule has 0 radical (unpaired) electrons. The lowest BCUT2D eigenvalue weighted by Crippen LogP contribution is -2.44. The molecule has 0 unspecified atom stereocenters. The normalized spacial score (nSPS) is 15.8. The number of piperazine rings is 1. The Kier molecular flexibility index (Phi) is 4.06. The monoisotopic (exact) mass is 302 g/mol. The lowest BCUT2D eigenvalue weighted by atomic mass is 10.2. The summed E-state index contributed by atoms with van der Waals surface area (Å²) in [4.78, 5) is 12.4. The van der Waals surface area contributed by atoms with Crippen LogP contribution in [-0.4, -0.2) is 48.1 Å². The quantitative estimate of drug-likeness (QED) is 0.899. The van der Waals surface area contributed by atoms with Crippen LogP contribution in [0.2, 0.25) is 0 Å². The number of hydrogen-bond acceptors (Lipinski definition) is 6. The molecule has 116 valence electrons. The number of benzene rings is 1. The van der Waals surface area contributed by atoms with Crippen LogP contribution in [0.5, 0.6) is 0 Å². The van der Waals surface area contributed by atoms with Gasteiger partial charge in [0.1, 0.15) is 0 Å². The average molecular weight is 302 g/mol. The van der Waals surface area contributed by atoms with Gasteiger partial charge in [-0.2, -0.15) is 4.98 Å². The van der Waals surface area contributed by atoms with Gasteiger partial charge in [-0.1, -0.05) is 6.07 Å². The van der Waals surface area contributed by atoms with Crippen LogP contribution in [0, 0.1) is 5.82 Å². The third kappa shape index (κ3) is 3.25. The Balaban J connectivity index is 1.74. The van der Waals surface area contributed by atoms with Gasteiger partial charge in [0.2, 0.25) is 5.95 Å². The van der Waals surface area contributed by atoms with Gasteiger partial charge in [-0.15, -0.1) is 0 Å². The summed E-state index contributed by atoms with van der Waals surface area (Å²) in [5.41, 5.74) is 7.45. The van der Waals surface area contributed by atoms with E-state index in [-0.39, 0.29) is 11.8 Å². The van der Waals surface area contributed by atoms with E-state index < -0.39 is 5.82 Å². The van der Waals surface area contributed by atoms with E-state index in [1.807, 2.05) is 18.2 Å². The molecule has 0 spiro atoms. The highest BCUT2D eigenvalue weighted by atomic mass is 19.1. The summed E-state index contributed by atoms with van der Waals surface area (Å²) in [6, 6.07) is 8.01. The second-order valence-corrected chi connectivity index (χ2v) is 5.39. The summed E-state index contributed by atoms with van der Waals surface area (Å²) in [5.74, 6) is -0.487. The second kappa shape index (κ2) is 6.15. The maximum Gasteiger partial charge on any atom is 0.229 e. The molecule has 1 aliphatic heterocycles. The molecule has 0 atom stereocenters. The van der Waals surface area contributed by atoms with Crippen LogP contribution in [0.1, 0.15) is 0 Å². The number of likely N-dealkylation sites (N-methyl/N-ethyl adjacent to an activating group) is 1. The number of hydrogen-bond donors (Lipinski definition) is 2. The summed E-state index contributed by atoms with van der Waals surface area (Å²) >= 11 is 0. The molecule has 3 rings (SSSR count). The third-order valence-electron chi connectivity index (χ3n) is 3.74. The Morgan fingerprint density at radius 3 is 2.73 bits per heavy atom. The zero-order chi connectivity index (χ0) is 15.5. The van der Waals surface area contributed by atoms with Crippen molar-refractivity contribution < 1.29 is 4.39 Å². The van der Waals surface area contributed by atoms with Gasteiger partial charge in [0.25, 0.3) is 0 Å². The van der Waals surface area contributed by atoms with Crippen LogP contribution < -0.4 is 16.0 Å². The number of nitrogens with two attached hydrogens (primary N) is 1. The molecule has 0 bridgehead atoms.